The number of hydrogen-bond acceptors (Lipinski definition) is 2. The highest BCUT2D eigenvalue weighted by atomic mass is 16.1. The summed E-state index contributed by atoms with van der Waals surface area (Å²) in [5.74, 6) is 0.462. The third-order valence-corrected chi connectivity index (χ3v) is 4.42. The lowest BCUT2D eigenvalue weighted by Crippen LogP contribution is -2.44. The highest BCUT2D eigenvalue weighted by Gasteiger charge is 2.46. The van der Waals surface area contributed by atoms with Gasteiger partial charge in [-0.2, -0.15) is 0 Å². The van der Waals surface area contributed by atoms with Crippen molar-refractivity contribution in [3.05, 3.63) is 0 Å². The molecule has 2 aliphatic carbocycles. The summed E-state index contributed by atoms with van der Waals surface area (Å²) in [7, 11) is 2.13. The molecule has 0 amide bonds. The first-order valence-corrected chi connectivity index (χ1v) is 5.79. The number of ketones is 1. The van der Waals surface area contributed by atoms with Crippen LogP contribution < -0.4 is 0 Å². The third kappa shape index (κ3) is 1.60. The lowest BCUT2D eigenvalue weighted by molar-refractivity contribution is -0.122. The Labute approximate surface area is 86.7 Å². The van der Waals surface area contributed by atoms with Crippen LogP contribution in [0.1, 0.15) is 46.0 Å². The maximum absolute atomic E-state index is 11.6. The van der Waals surface area contributed by atoms with Crippen LogP contribution in [0.3, 0.4) is 0 Å². The van der Waals surface area contributed by atoms with Gasteiger partial charge in [-0.3, -0.25) is 9.69 Å². The van der Waals surface area contributed by atoms with Crippen molar-refractivity contribution in [2.24, 2.45) is 5.41 Å². The van der Waals surface area contributed by atoms with E-state index in [1.165, 1.54) is 12.8 Å². The van der Waals surface area contributed by atoms with E-state index in [0.29, 0.717) is 17.2 Å². The topological polar surface area (TPSA) is 20.3 Å². The second-order valence-electron chi connectivity index (χ2n) is 5.37. The maximum Gasteiger partial charge on any atom is 0.149 e. The van der Waals surface area contributed by atoms with Gasteiger partial charge in [0.1, 0.15) is 5.78 Å². The fraction of sp³-hybridized carbons (Fsp3) is 0.917. The van der Waals surface area contributed by atoms with E-state index >= 15 is 0 Å². The van der Waals surface area contributed by atoms with Gasteiger partial charge in [0.25, 0.3) is 0 Å². The van der Waals surface area contributed by atoms with Gasteiger partial charge in [-0.1, -0.05) is 6.92 Å². The summed E-state index contributed by atoms with van der Waals surface area (Å²) in [6, 6.07) is 0.789. The van der Waals surface area contributed by atoms with Crippen LogP contribution in [0.4, 0.5) is 0 Å². The molecule has 2 fully saturated rings. The van der Waals surface area contributed by atoms with Crippen molar-refractivity contribution in [1.29, 1.82) is 0 Å². The molecular formula is C12H21NO. The molecule has 2 nitrogen and oxygen atoms in total. The Morgan fingerprint density at radius 2 is 2.14 bits per heavy atom. The lowest BCUT2D eigenvalue weighted by Gasteiger charge is -2.33. The quantitative estimate of drug-likeness (QED) is 0.688. The van der Waals surface area contributed by atoms with Crippen LogP contribution in [0.25, 0.3) is 0 Å². The zero-order chi connectivity index (χ0) is 10.3. The van der Waals surface area contributed by atoms with E-state index in [4.69, 9.17) is 0 Å². The van der Waals surface area contributed by atoms with Crippen molar-refractivity contribution in [2.75, 3.05) is 7.05 Å². The molecule has 2 rings (SSSR count). The summed E-state index contributed by atoms with van der Waals surface area (Å²) >= 11 is 0. The predicted octanol–water partition coefficient (Wildman–Crippen LogP) is 2.23. The number of Topliss-reactive ketones (excluding diaryl/α,β-unsaturated/α-hetero) is 1. The number of likely N-dealkylation sites (N-methyl/N-ethyl adjacent to an activating group) is 1. The normalized spacial score (nSPS) is 32.3. The molecule has 0 bridgehead atoms. The minimum Gasteiger partial charge on any atom is -0.298 e. The summed E-state index contributed by atoms with van der Waals surface area (Å²) in [6.45, 7) is 4.62. The summed E-state index contributed by atoms with van der Waals surface area (Å²) < 4.78 is 0. The molecule has 0 aromatic heterocycles. The Morgan fingerprint density at radius 3 is 2.57 bits per heavy atom. The molecule has 2 heteroatoms. The first kappa shape index (κ1) is 10.2. The smallest absolute Gasteiger partial charge is 0.149 e. The largest absolute Gasteiger partial charge is 0.298 e. The molecule has 2 aliphatic rings. The summed E-state index contributed by atoms with van der Waals surface area (Å²) in [4.78, 5) is 13.9. The van der Waals surface area contributed by atoms with E-state index in [2.05, 4.69) is 25.8 Å². The molecule has 0 spiro atoms. The van der Waals surface area contributed by atoms with Crippen molar-refractivity contribution < 1.29 is 4.79 Å². The maximum atomic E-state index is 11.6. The van der Waals surface area contributed by atoms with E-state index < -0.39 is 0 Å². The molecule has 0 heterocycles. The lowest BCUT2D eigenvalue weighted by atomic mass is 9.97. The van der Waals surface area contributed by atoms with Gasteiger partial charge in [-0.15, -0.1) is 0 Å². The fourth-order valence-electron chi connectivity index (χ4n) is 2.60. The van der Waals surface area contributed by atoms with Crippen LogP contribution in [-0.2, 0) is 4.79 Å². The molecule has 80 valence electrons. The second-order valence-corrected chi connectivity index (χ2v) is 5.37. The average molecular weight is 195 g/mol. The average Bonchev–Trinajstić information content (AvgIpc) is 2.75. The SMILES string of the molecule is CC(N(C)C1CCCC1=O)C1(C)CC1. The van der Waals surface area contributed by atoms with Crippen molar-refractivity contribution in [1.82, 2.24) is 4.90 Å². The van der Waals surface area contributed by atoms with Gasteiger partial charge in [-0.05, 0) is 45.1 Å². The number of rotatable bonds is 3. The molecule has 0 aromatic rings. The number of hydrogen-bond donors (Lipinski definition) is 0. The Balaban J connectivity index is 2.00. The van der Waals surface area contributed by atoms with Crippen LogP contribution in [0.2, 0.25) is 0 Å². The van der Waals surface area contributed by atoms with Gasteiger partial charge in [0.05, 0.1) is 6.04 Å². The monoisotopic (exact) mass is 195 g/mol. The minimum atomic E-state index is 0.224. The Bertz CT molecular complexity index is 245. The standard InChI is InChI=1S/C12H21NO/c1-9(12(2)7-8-12)13(3)10-5-4-6-11(10)14/h9-10H,4-8H2,1-3H3. The van der Waals surface area contributed by atoms with Crippen molar-refractivity contribution >= 4 is 5.78 Å². The zero-order valence-electron chi connectivity index (χ0n) is 9.55. The zero-order valence-corrected chi connectivity index (χ0v) is 9.55. The molecule has 2 unspecified atom stereocenters. The highest BCUT2D eigenvalue weighted by molar-refractivity contribution is 5.85. The molecular weight excluding hydrogens is 174 g/mol. The van der Waals surface area contributed by atoms with E-state index in [0.717, 1.165) is 19.3 Å². The highest BCUT2D eigenvalue weighted by Crippen LogP contribution is 2.50. The Hall–Kier alpha value is -0.370. The molecule has 0 aliphatic heterocycles. The first-order valence-electron chi connectivity index (χ1n) is 5.79. The van der Waals surface area contributed by atoms with Gasteiger partial charge in [0.2, 0.25) is 0 Å². The Kier molecular flexibility index (Phi) is 2.42. The number of nitrogens with zero attached hydrogens (tertiary/aromatic N) is 1. The van der Waals surface area contributed by atoms with E-state index in [1.54, 1.807) is 0 Å². The number of carbonyl (C=O) groups is 1. The van der Waals surface area contributed by atoms with Crippen molar-refractivity contribution in [2.45, 2.75) is 58.0 Å². The molecule has 2 saturated carbocycles. The molecule has 0 N–H and O–H groups in total. The molecule has 0 saturated heterocycles. The second kappa shape index (κ2) is 3.34. The Morgan fingerprint density at radius 1 is 1.50 bits per heavy atom. The summed E-state index contributed by atoms with van der Waals surface area (Å²) in [5.41, 5.74) is 0.498. The van der Waals surface area contributed by atoms with Crippen molar-refractivity contribution in [3.8, 4) is 0 Å². The van der Waals surface area contributed by atoms with E-state index in [1.807, 2.05) is 0 Å². The fourth-order valence-corrected chi connectivity index (χ4v) is 2.60. The van der Waals surface area contributed by atoms with Gasteiger partial charge in [0, 0.05) is 12.5 Å². The van der Waals surface area contributed by atoms with Gasteiger partial charge in [0.15, 0.2) is 0 Å². The van der Waals surface area contributed by atoms with Gasteiger partial charge < -0.3 is 0 Å². The van der Waals surface area contributed by atoms with Crippen LogP contribution >= 0.6 is 0 Å². The van der Waals surface area contributed by atoms with E-state index in [9.17, 15) is 4.79 Å². The van der Waals surface area contributed by atoms with Crippen LogP contribution in [0.15, 0.2) is 0 Å². The predicted molar refractivity (Wildman–Crippen MR) is 57.2 cm³/mol. The molecule has 2 atom stereocenters. The van der Waals surface area contributed by atoms with E-state index in [-0.39, 0.29) is 6.04 Å². The summed E-state index contributed by atoms with van der Waals surface area (Å²) in [5, 5.41) is 0. The van der Waals surface area contributed by atoms with Crippen molar-refractivity contribution in [3.63, 3.8) is 0 Å². The molecule has 14 heavy (non-hydrogen) atoms. The van der Waals surface area contributed by atoms with Gasteiger partial charge >= 0.3 is 0 Å². The molecule has 0 radical (unpaired) electrons. The summed E-state index contributed by atoms with van der Waals surface area (Å²) in [6.07, 6.45) is 5.64. The molecule has 0 aromatic carbocycles. The van der Waals surface area contributed by atoms with Gasteiger partial charge in [-0.25, -0.2) is 0 Å². The van der Waals surface area contributed by atoms with Crippen LogP contribution in [0, 0.1) is 5.41 Å². The van der Waals surface area contributed by atoms with Crippen LogP contribution in [0.5, 0.6) is 0 Å². The minimum absolute atomic E-state index is 0.224. The third-order valence-electron chi connectivity index (χ3n) is 4.42. The number of carbonyl (C=O) groups excluding carboxylic acids is 1. The van der Waals surface area contributed by atoms with Crippen LogP contribution in [-0.4, -0.2) is 29.8 Å². The first-order chi connectivity index (χ1) is 6.54.